The number of benzene rings is 1. The van der Waals surface area contributed by atoms with Crippen LogP contribution in [0.5, 0.6) is 5.75 Å². The Hall–Kier alpha value is -2.78. The SMILES string of the molecule is C=CCn1c(=S)sc2c(=O)n(CC(=O)NCc3cccc(OC)c3)cnc21. The van der Waals surface area contributed by atoms with Gasteiger partial charge in [0, 0.05) is 13.1 Å². The first-order chi connectivity index (χ1) is 13.0. The third-order valence-electron chi connectivity index (χ3n) is 3.89. The van der Waals surface area contributed by atoms with Crippen LogP contribution in [0.1, 0.15) is 5.56 Å². The van der Waals surface area contributed by atoms with Gasteiger partial charge in [0.2, 0.25) is 5.91 Å². The molecule has 3 rings (SSSR count). The molecule has 3 aromatic rings. The minimum Gasteiger partial charge on any atom is -0.497 e. The largest absolute Gasteiger partial charge is 0.497 e. The van der Waals surface area contributed by atoms with Crippen molar-refractivity contribution in [3.05, 3.63) is 63.1 Å². The second-order valence-electron chi connectivity index (χ2n) is 5.73. The Labute approximate surface area is 164 Å². The summed E-state index contributed by atoms with van der Waals surface area (Å²) in [6.07, 6.45) is 3.07. The Morgan fingerprint density at radius 1 is 1.48 bits per heavy atom. The van der Waals surface area contributed by atoms with Crippen LogP contribution in [-0.2, 0) is 24.4 Å². The van der Waals surface area contributed by atoms with Crippen LogP contribution < -0.4 is 15.6 Å². The summed E-state index contributed by atoms with van der Waals surface area (Å²) in [7, 11) is 1.59. The fourth-order valence-electron chi connectivity index (χ4n) is 2.57. The molecule has 0 radical (unpaired) electrons. The number of hydrogen-bond donors (Lipinski definition) is 1. The highest BCUT2D eigenvalue weighted by Crippen LogP contribution is 2.17. The number of hydrogen-bond acceptors (Lipinski definition) is 6. The van der Waals surface area contributed by atoms with Crippen molar-refractivity contribution in [1.82, 2.24) is 19.4 Å². The predicted molar refractivity (Wildman–Crippen MR) is 108 cm³/mol. The van der Waals surface area contributed by atoms with Crippen molar-refractivity contribution < 1.29 is 9.53 Å². The van der Waals surface area contributed by atoms with Gasteiger partial charge in [0.05, 0.1) is 7.11 Å². The number of methoxy groups -OCH3 is 1. The van der Waals surface area contributed by atoms with E-state index in [1.54, 1.807) is 17.8 Å². The normalized spacial score (nSPS) is 10.7. The van der Waals surface area contributed by atoms with Gasteiger partial charge in [0.25, 0.3) is 5.56 Å². The lowest BCUT2D eigenvalue weighted by molar-refractivity contribution is -0.121. The highest BCUT2D eigenvalue weighted by Gasteiger charge is 2.13. The lowest BCUT2D eigenvalue weighted by Gasteiger charge is -2.08. The number of fused-ring (bicyclic) bond motifs is 1. The van der Waals surface area contributed by atoms with Crippen molar-refractivity contribution >= 4 is 39.8 Å². The van der Waals surface area contributed by atoms with Gasteiger partial charge in [-0.2, -0.15) is 0 Å². The Balaban J connectivity index is 1.75. The van der Waals surface area contributed by atoms with Gasteiger partial charge in [-0.05, 0) is 29.9 Å². The maximum absolute atomic E-state index is 12.6. The predicted octanol–water partition coefficient (Wildman–Crippen LogP) is 2.50. The topological polar surface area (TPSA) is 78.2 Å². The molecular formula is C18H18N4O3S2. The molecule has 0 bridgehead atoms. The summed E-state index contributed by atoms with van der Waals surface area (Å²) in [5, 5.41) is 2.79. The summed E-state index contributed by atoms with van der Waals surface area (Å²) in [5.74, 6) is 0.438. The van der Waals surface area contributed by atoms with E-state index in [0.717, 1.165) is 11.3 Å². The third kappa shape index (κ3) is 4.15. The molecule has 9 heteroatoms. The number of carbonyl (C=O) groups excluding carboxylic acids is 1. The number of nitrogens with zero attached hydrogens (tertiary/aromatic N) is 3. The van der Waals surface area contributed by atoms with Gasteiger partial charge in [0.1, 0.15) is 23.3 Å². The summed E-state index contributed by atoms with van der Waals surface area (Å²) in [5.41, 5.74) is 1.14. The van der Waals surface area contributed by atoms with Gasteiger partial charge in [-0.3, -0.25) is 14.2 Å². The van der Waals surface area contributed by atoms with Gasteiger partial charge in [-0.25, -0.2) is 4.98 Å². The van der Waals surface area contributed by atoms with E-state index in [9.17, 15) is 9.59 Å². The first-order valence-corrected chi connectivity index (χ1v) is 9.35. The second-order valence-corrected chi connectivity index (χ2v) is 7.37. The van der Waals surface area contributed by atoms with Gasteiger partial charge >= 0.3 is 0 Å². The summed E-state index contributed by atoms with van der Waals surface area (Å²) < 4.78 is 9.18. The van der Waals surface area contributed by atoms with Crippen LogP contribution >= 0.6 is 23.6 Å². The van der Waals surface area contributed by atoms with E-state index in [2.05, 4.69) is 16.9 Å². The first kappa shape index (κ1) is 19.0. The zero-order chi connectivity index (χ0) is 19.4. The van der Waals surface area contributed by atoms with Crippen LogP contribution in [0.3, 0.4) is 0 Å². The maximum atomic E-state index is 12.6. The fraction of sp³-hybridized carbons (Fsp3) is 0.222. The molecule has 1 aromatic carbocycles. The standard InChI is InChI=1S/C18H18N4O3S2/c1-3-7-22-16-15(27-18(22)26)17(24)21(11-20-16)10-14(23)19-9-12-5-4-6-13(8-12)25-2/h3-6,8,11H,1,7,9-10H2,2H3,(H,19,23). The Bertz CT molecular complexity index is 1110. The Morgan fingerprint density at radius 2 is 2.30 bits per heavy atom. The summed E-state index contributed by atoms with van der Waals surface area (Å²) in [4.78, 5) is 29.2. The lowest BCUT2D eigenvalue weighted by Crippen LogP contribution is -2.32. The zero-order valence-corrected chi connectivity index (χ0v) is 16.3. The van der Waals surface area contributed by atoms with Crippen LogP contribution in [-0.4, -0.2) is 27.1 Å². The van der Waals surface area contributed by atoms with Gasteiger partial charge in [-0.15, -0.1) is 6.58 Å². The van der Waals surface area contributed by atoms with Crippen LogP contribution in [0.4, 0.5) is 0 Å². The van der Waals surface area contributed by atoms with Crippen LogP contribution in [0, 0.1) is 3.95 Å². The van der Waals surface area contributed by atoms with Crippen molar-refractivity contribution in [3.63, 3.8) is 0 Å². The molecule has 0 spiro atoms. The van der Waals surface area contributed by atoms with Crippen molar-refractivity contribution in [2.75, 3.05) is 7.11 Å². The molecule has 0 saturated carbocycles. The number of amides is 1. The summed E-state index contributed by atoms with van der Waals surface area (Å²) in [6, 6.07) is 7.41. The van der Waals surface area contributed by atoms with Crippen molar-refractivity contribution in [3.8, 4) is 5.75 Å². The Morgan fingerprint density at radius 3 is 3.04 bits per heavy atom. The lowest BCUT2D eigenvalue weighted by atomic mass is 10.2. The van der Waals surface area contributed by atoms with E-state index in [4.69, 9.17) is 17.0 Å². The molecular weight excluding hydrogens is 384 g/mol. The first-order valence-electron chi connectivity index (χ1n) is 8.12. The second kappa shape index (κ2) is 8.28. The minimum absolute atomic E-state index is 0.113. The quantitative estimate of drug-likeness (QED) is 0.485. The average molecular weight is 403 g/mol. The van der Waals surface area contributed by atoms with E-state index in [1.807, 2.05) is 24.3 Å². The number of ether oxygens (including phenoxy) is 1. The molecule has 0 aliphatic heterocycles. The fourth-order valence-corrected chi connectivity index (χ4v) is 3.88. The highest BCUT2D eigenvalue weighted by atomic mass is 32.1. The molecule has 0 fully saturated rings. The van der Waals surface area contributed by atoms with Crippen LogP contribution in [0.2, 0.25) is 0 Å². The van der Waals surface area contributed by atoms with E-state index in [-0.39, 0.29) is 18.0 Å². The molecule has 1 N–H and O–H groups in total. The van der Waals surface area contributed by atoms with E-state index in [0.29, 0.717) is 27.4 Å². The van der Waals surface area contributed by atoms with E-state index >= 15 is 0 Å². The number of thiazole rings is 1. The summed E-state index contributed by atoms with van der Waals surface area (Å²) >= 11 is 6.47. The van der Waals surface area contributed by atoms with Crippen LogP contribution in [0.15, 0.2) is 48.0 Å². The minimum atomic E-state index is -0.282. The average Bonchev–Trinajstić information content (AvgIpc) is 2.99. The van der Waals surface area contributed by atoms with Crippen LogP contribution in [0.25, 0.3) is 10.3 Å². The molecule has 7 nitrogen and oxygen atoms in total. The molecule has 2 aromatic heterocycles. The zero-order valence-electron chi connectivity index (χ0n) is 14.7. The molecule has 1 amide bonds. The molecule has 27 heavy (non-hydrogen) atoms. The highest BCUT2D eigenvalue weighted by molar-refractivity contribution is 7.73. The summed E-state index contributed by atoms with van der Waals surface area (Å²) in [6.45, 7) is 4.40. The smallest absolute Gasteiger partial charge is 0.273 e. The van der Waals surface area contributed by atoms with E-state index < -0.39 is 0 Å². The van der Waals surface area contributed by atoms with Crippen molar-refractivity contribution in [2.45, 2.75) is 19.6 Å². The van der Waals surface area contributed by atoms with Crippen molar-refractivity contribution in [2.24, 2.45) is 0 Å². The maximum Gasteiger partial charge on any atom is 0.273 e. The monoisotopic (exact) mass is 402 g/mol. The van der Waals surface area contributed by atoms with Gasteiger partial charge in [0.15, 0.2) is 9.60 Å². The number of aromatic nitrogens is 3. The molecule has 0 aliphatic rings. The number of allylic oxidation sites excluding steroid dienone is 1. The molecule has 0 atom stereocenters. The Kier molecular flexibility index (Phi) is 5.82. The molecule has 2 heterocycles. The number of rotatable bonds is 7. The molecule has 140 valence electrons. The van der Waals surface area contributed by atoms with Crippen molar-refractivity contribution in [1.29, 1.82) is 0 Å². The molecule has 0 unspecified atom stereocenters. The molecule has 0 saturated heterocycles. The number of nitrogens with one attached hydrogen (secondary N) is 1. The third-order valence-corrected chi connectivity index (χ3v) is 5.32. The van der Waals surface area contributed by atoms with Gasteiger partial charge < -0.3 is 14.6 Å². The molecule has 0 aliphatic carbocycles. The van der Waals surface area contributed by atoms with E-state index in [1.165, 1.54) is 22.2 Å². The number of carbonyl (C=O) groups is 1. The van der Waals surface area contributed by atoms with Gasteiger partial charge in [-0.1, -0.05) is 29.5 Å².